The minimum absolute atomic E-state index is 0.0746. The predicted octanol–water partition coefficient (Wildman–Crippen LogP) is 2.49. The number of amides is 1. The molecule has 6 nitrogen and oxygen atoms in total. The highest BCUT2D eigenvalue weighted by atomic mass is 16.5. The van der Waals surface area contributed by atoms with Crippen LogP contribution in [0.4, 0.5) is 5.69 Å². The van der Waals surface area contributed by atoms with Gasteiger partial charge < -0.3 is 15.4 Å². The Bertz CT molecular complexity index is 833. The van der Waals surface area contributed by atoms with Gasteiger partial charge in [-0.15, -0.1) is 0 Å². The van der Waals surface area contributed by atoms with Crippen LogP contribution in [0.5, 0.6) is 0 Å². The fourth-order valence-corrected chi connectivity index (χ4v) is 3.57. The summed E-state index contributed by atoms with van der Waals surface area (Å²) in [6, 6.07) is 10.2. The zero-order chi connectivity index (χ0) is 19.2. The van der Waals surface area contributed by atoms with Gasteiger partial charge in [-0.25, -0.2) is 0 Å². The zero-order valence-electron chi connectivity index (χ0n) is 16.0. The Morgan fingerprint density at radius 2 is 2.00 bits per heavy atom. The van der Waals surface area contributed by atoms with Gasteiger partial charge in [0.25, 0.3) is 0 Å². The van der Waals surface area contributed by atoms with Crippen LogP contribution in [0, 0.1) is 0 Å². The first-order valence-corrected chi connectivity index (χ1v) is 9.85. The minimum atomic E-state index is 0.0746. The number of morpholine rings is 1. The van der Waals surface area contributed by atoms with E-state index in [1.807, 2.05) is 24.4 Å². The molecule has 0 unspecified atom stereocenters. The van der Waals surface area contributed by atoms with Gasteiger partial charge in [0.1, 0.15) is 0 Å². The molecule has 0 bridgehead atoms. The van der Waals surface area contributed by atoms with Crippen LogP contribution in [0.2, 0.25) is 0 Å². The Hall–Kier alpha value is -2.70. The topological polar surface area (TPSA) is 66.0 Å². The summed E-state index contributed by atoms with van der Waals surface area (Å²) in [7, 11) is 0. The number of hydrogen-bond acceptors (Lipinski definition) is 5. The molecule has 4 rings (SSSR count). The molecule has 0 radical (unpaired) electrons. The van der Waals surface area contributed by atoms with Gasteiger partial charge in [-0.3, -0.25) is 14.7 Å². The van der Waals surface area contributed by atoms with Crippen molar-refractivity contribution in [3.05, 3.63) is 65.5 Å². The molecule has 2 aliphatic heterocycles. The fourth-order valence-electron chi connectivity index (χ4n) is 3.57. The number of ether oxygens (including phenoxy) is 1. The van der Waals surface area contributed by atoms with Crippen LogP contribution in [-0.2, 0) is 9.53 Å². The monoisotopic (exact) mass is 378 g/mol. The molecule has 1 aliphatic carbocycles. The lowest BCUT2D eigenvalue weighted by atomic mass is 9.94. The number of hydrogen-bond donors (Lipinski definition) is 2. The maximum Gasteiger partial charge on any atom is 0.234 e. The van der Waals surface area contributed by atoms with E-state index in [0.29, 0.717) is 26.3 Å². The normalized spacial score (nSPS) is 19.1. The van der Waals surface area contributed by atoms with Crippen LogP contribution in [0.25, 0.3) is 0 Å². The molecule has 1 saturated heterocycles. The lowest BCUT2D eigenvalue weighted by Crippen LogP contribution is -2.43. The summed E-state index contributed by atoms with van der Waals surface area (Å²) >= 11 is 0. The maximum absolute atomic E-state index is 12.1. The summed E-state index contributed by atoms with van der Waals surface area (Å²) in [5.41, 5.74) is 5.63. The van der Waals surface area contributed by atoms with Crippen LogP contribution in [0.1, 0.15) is 12.8 Å². The predicted molar refractivity (Wildman–Crippen MR) is 111 cm³/mol. The second-order valence-corrected chi connectivity index (χ2v) is 7.13. The van der Waals surface area contributed by atoms with Crippen molar-refractivity contribution < 1.29 is 9.53 Å². The van der Waals surface area contributed by atoms with E-state index >= 15 is 0 Å². The SMILES string of the molecule is O=C(CN1CCOCC1)NCCC1=CN=C2CC=C(Nc3ccccc3)C=C12. The van der Waals surface area contributed by atoms with Gasteiger partial charge in [0.15, 0.2) is 0 Å². The number of allylic oxidation sites excluding steroid dienone is 3. The summed E-state index contributed by atoms with van der Waals surface area (Å²) in [4.78, 5) is 18.8. The van der Waals surface area contributed by atoms with Crippen molar-refractivity contribution in [2.45, 2.75) is 12.8 Å². The first kappa shape index (κ1) is 18.7. The average molecular weight is 378 g/mol. The van der Waals surface area contributed by atoms with E-state index in [0.717, 1.165) is 43.0 Å². The van der Waals surface area contributed by atoms with Gasteiger partial charge in [-0.2, -0.15) is 0 Å². The van der Waals surface area contributed by atoms with Gasteiger partial charge in [0.05, 0.1) is 25.5 Å². The van der Waals surface area contributed by atoms with E-state index in [-0.39, 0.29) is 5.91 Å². The number of benzene rings is 1. The largest absolute Gasteiger partial charge is 0.379 e. The van der Waals surface area contributed by atoms with E-state index < -0.39 is 0 Å². The second-order valence-electron chi connectivity index (χ2n) is 7.13. The third-order valence-corrected chi connectivity index (χ3v) is 5.10. The van der Waals surface area contributed by atoms with Gasteiger partial charge in [0, 0.05) is 49.2 Å². The standard InChI is InChI=1S/C22H26N4O2/c27-22(16-26-10-12-28-13-11-26)23-9-8-17-15-24-21-7-6-19(14-20(17)21)25-18-4-2-1-3-5-18/h1-6,14-15,25H,7-13,16H2,(H,23,27). The lowest BCUT2D eigenvalue weighted by Gasteiger charge is -2.25. The van der Waals surface area contributed by atoms with E-state index in [1.165, 1.54) is 11.1 Å². The van der Waals surface area contributed by atoms with Crippen LogP contribution in [0.15, 0.2) is 70.5 Å². The Balaban J connectivity index is 1.27. The van der Waals surface area contributed by atoms with E-state index in [9.17, 15) is 4.79 Å². The first-order chi connectivity index (χ1) is 13.8. The lowest BCUT2D eigenvalue weighted by molar-refractivity contribution is -0.123. The summed E-state index contributed by atoms with van der Waals surface area (Å²) in [6.45, 7) is 4.14. The summed E-state index contributed by atoms with van der Waals surface area (Å²) < 4.78 is 5.32. The van der Waals surface area contributed by atoms with Crippen molar-refractivity contribution in [1.29, 1.82) is 0 Å². The number of carbonyl (C=O) groups is 1. The summed E-state index contributed by atoms with van der Waals surface area (Å²) in [5.74, 6) is 0.0746. The Kier molecular flexibility index (Phi) is 5.99. The number of nitrogens with one attached hydrogen (secondary N) is 2. The fraction of sp³-hybridized carbons (Fsp3) is 0.364. The molecule has 2 N–H and O–H groups in total. The second kappa shape index (κ2) is 8.99. The van der Waals surface area contributed by atoms with Crippen molar-refractivity contribution in [2.24, 2.45) is 4.99 Å². The van der Waals surface area contributed by atoms with Gasteiger partial charge in [-0.1, -0.05) is 24.3 Å². The number of para-hydroxylation sites is 1. The molecular formula is C22H26N4O2. The number of aliphatic imine (C=N–C) groups is 1. The molecule has 1 amide bonds. The first-order valence-electron chi connectivity index (χ1n) is 9.85. The quantitative estimate of drug-likeness (QED) is 0.765. The number of anilines is 1. The number of rotatable bonds is 7. The highest BCUT2D eigenvalue weighted by Gasteiger charge is 2.21. The maximum atomic E-state index is 12.1. The van der Waals surface area contributed by atoms with Crippen molar-refractivity contribution in [3.63, 3.8) is 0 Å². The molecule has 0 spiro atoms. The molecule has 0 atom stereocenters. The van der Waals surface area contributed by atoms with Gasteiger partial charge >= 0.3 is 0 Å². The van der Waals surface area contributed by atoms with Gasteiger partial charge in [0.2, 0.25) is 5.91 Å². The summed E-state index contributed by atoms with van der Waals surface area (Å²) in [5, 5.41) is 6.48. The molecule has 3 aliphatic rings. The van der Waals surface area contributed by atoms with E-state index in [2.05, 4.69) is 44.8 Å². The molecule has 28 heavy (non-hydrogen) atoms. The van der Waals surface area contributed by atoms with Crippen molar-refractivity contribution >= 4 is 17.3 Å². The third-order valence-electron chi connectivity index (χ3n) is 5.10. The van der Waals surface area contributed by atoms with Crippen LogP contribution < -0.4 is 10.6 Å². The van der Waals surface area contributed by atoms with Crippen molar-refractivity contribution in [3.8, 4) is 0 Å². The highest BCUT2D eigenvalue weighted by Crippen LogP contribution is 2.29. The molecule has 0 saturated carbocycles. The molecule has 1 fully saturated rings. The van der Waals surface area contributed by atoms with Gasteiger partial charge in [-0.05, 0) is 30.2 Å². The molecule has 2 heterocycles. The number of fused-ring (bicyclic) bond motifs is 1. The molecule has 0 aromatic heterocycles. The Morgan fingerprint density at radius 1 is 1.18 bits per heavy atom. The van der Waals surface area contributed by atoms with E-state index in [4.69, 9.17) is 4.74 Å². The molecule has 1 aromatic rings. The Morgan fingerprint density at radius 3 is 2.82 bits per heavy atom. The number of nitrogens with zero attached hydrogens (tertiary/aromatic N) is 2. The van der Waals surface area contributed by atoms with Crippen molar-refractivity contribution in [1.82, 2.24) is 10.2 Å². The van der Waals surface area contributed by atoms with Crippen LogP contribution in [0.3, 0.4) is 0 Å². The zero-order valence-corrected chi connectivity index (χ0v) is 16.0. The van der Waals surface area contributed by atoms with Crippen molar-refractivity contribution in [2.75, 3.05) is 44.7 Å². The summed E-state index contributed by atoms with van der Waals surface area (Å²) in [6.07, 6.45) is 7.87. The third kappa shape index (κ3) is 4.77. The Labute approximate surface area is 165 Å². The molecular weight excluding hydrogens is 352 g/mol. The number of carbonyl (C=O) groups excluding carboxylic acids is 1. The van der Waals surface area contributed by atoms with Crippen LogP contribution in [-0.4, -0.2) is 55.9 Å². The smallest absolute Gasteiger partial charge is 0.234 e. The van der Waals surface area contributed by atoms with Crippen LogP contribution >= 0.6 is 0 Å². The highest BCUT2D eigenvalue weighted by molar-refractivity contribution is 6.08. The minimum Gasteiger partial charge on any atom is -0.379 e. The molecule has 1 aromatic carbocycles. The van der Waals surface area contributed by atoms with E-state index in [1.54, 1.807) is 0 Å². The molecule has 6 heteroatoms. The molecule has 146 valence electrons. The average Bonchev–Trinajstić information content (AvgIpc) is 3.12.